The minimum Gasteiger partial charge on any atom is -0.330 e. The van der Waals surface area contributed by atoms with Crippen molar-refractivity contribution < 1.29 is 18.8 Å². The number of hydrogen-bond acceptors (Lipinski definition) is 3. The molecular formula is C26H25Cl2FN4O3. The van der Waals surface area contributed by atoms with E-state index in [0.29, 0.717) is 12.1 Å². The number of rotatable bonds is 5. The first kappa shape index (κ1) is 25.9. The first-order valence-corrected chi connectivity index (χ1v) is 12.3. The highest BCUT2D eigenvalue weighted by molar-refractivity contribution is 6.39. The van der Waals surface area contributed by atoms with E-state index in [1.54, 1.807) is 6.07 Å². The summed E-state index contributed by atoms with van der Waals surface area (Å²) in [6.45, 7) is 11.6. The SMILES string of the molecule is [C-]#[N+][C@@H]1C[C@@]2(CN1C(=O)[C@H](CC(C)C)N(C)C(=O)c1c(Cl)cc(F)cc1Cl)C(=O)Nc1ccccc12. The maximum atomic E-state index is 13.9. The fourth-order valence-electron chi connectivity index (χ4n) is 5.08. The number of nitrogens with zero attached hydrogens (tertiary/aromatic N) is 3. The monoisotopic (exact) mass is 530 g/mol. The van der Waals surface area contributed by atoms with Gasteiger partial charge in [0.1, 0.15) is 17.3 Å². The molecule has 2 aliphatic heterocycles. The van der Waals surface area contributed by atoms with Gasteiger partial charge in [0, 0.05) is 19.3 Å². The molecule has 0 unspecified atom stereocenters. The van der Waals surface area contributed by atoms with Crippen LogP contribution in [0.25, 0.3) is 4.85 Å². The highest BCUT2D eigenvalue weighted by Gasteiger charge is 2.59. The molecule has 10 heteroatoms. The molecule has 2 aromatic carbocycles. The fraction of sp³-hybridized carbons (Fsp3) is 0.385. The van der Waals surface area contributed by atoms with E-state index in [-0.39, 0.29) is 40.4 Å². The lowest BCUT2D eigenvalue weighted by Crippen LogP contribution is -2.51. The molecule has 3 atom stereocenters. The molecule has 2 aliphatic rings. The molecule has 0 saturated carbocycles. The van der Waals surface area contributed by atoms with E-state index in [1.165, 1.54) is 16.8 Å². The van der Waals surface area contributed by atoms with Crippen molar-refractivity contribution in [2.24, 2.45) is 5.92 Å². The third-order valence-electron chi connectivity index (χ3n) is 6.88. The minimum absolute atomic E-state index is 0.0202. The van der Waals surface area contributed by atoms with Crippen molar-refractivity contribution in [1.82, 2.24) is 9.80 Å². The fourth-order valence-corrected chi connectivity index (χ4v) is 5.71. The number of halogens is 3. The highest BCUT2D eigenvalue weighted by Crippen LogP contribution is 2.47. The molecule has 3 amide bonds. The maximum absolute atomic E-state index is 13.9. The zero-order valence-corrected chi connectivity index (χ0v) is 21.5. The van der Waals surface area contributed by atoms with Crippen molar-refractivity contribution in [3.05, 3.63) is 74.8 Å². The van der Waals surface area contributed by atoms with E-state index in [2.05, 4.69) is 10.2 Å². The molecule has 1 saturated heterocycles. The van der Waals surface area contributed by atoms with Gasteiger partial charge in [-0.2, -0.15) is 0 Å². The maximum Gasteiger partial charge on any atom is 0.302 e. The van der Waals surface area contributed by atoms with E-state index in [0.717, 1.165) is 17.7 Å². The van der Waals surface area contributed by atoms with Crippen molar-refractivity contribution in [2.75, 3.05) is 18.9 Å². The van der Waals surface area contributed by atoms with Crippen LogP contribution in [0.5, 0.6) is 0 Å². The number of carbonyl (C=O) groups excluding carboxylic acids is 3. The Bertz CT molecular complexity index is 1270. The second-order valence-corrected chi connectivity index (χ2v) is 10.5. The molecule has 2 aromatic rings. The first-order chi connectivity index (χ1) is 17.0. The summed E-state index contributed by atoms with van der Waals surface area (Å²) in [7, 11) is 1.46. The predicted molar refractivity (Wildman–Crippen MR) is 135 cm³/mol. The lowest BCUT2D eigenvalue weighted by molar-refractivity contribution is -0.136. The van der Waals surface area contributed by atoms with Crippen LogP contribution < -0.4 is 5.32 Å². The second kappa shape index (κ2) is 9.72. The lowest BCUT2D eigenvalue weighted by atomic mass is 9.80. The van der Waals surface area contributed by atoms with Gasteiger partial charge in [-0.3, -0.25) is 24.1 Å². The molecular weight excluding hydrogens is 506 g/mol. The van der Waals surface area contributed by atoms with Crippen molar-refractivity contribution in [1.29, 1.82) is 0 Å². The van der Waals surface area contributed by atoms with Crippen LogP contribution in [0.15, 0.2) is 36.4 Å². The lowest BCUT2D eigenvalue weighted by Gasteiger charge is -2.32. The normalized spacial score (nSPS) is 21.3. The summed E-state index contributed by atoms with van der Waals surface area (Å²) in [5.74, 6) is -1.99. The van der Waals surface area contributed by atoms with E-state index < -0.39 is 35.3 Å². The first-order valence-electron chi connectivity index (χ1n) is 11.5. The van der Waals surface area contributed by atoms with Crippen molar-refractivity contribution in [3.63, 3.8) is 0 Å². The Morgan fingerprint density at radius 2 is 1.92 bits per heavy atom. The molecule has 7 nitrogen and oxygen atoms in total. The van der Waals surface area contributed by atoms with Crippen LogP contribution in [0.4, 0.5) is 10.1 Å². The van der Waals surface area contributed by atoms with Gasteiger partial charge < -0.3 is 10.2 Å². The van der Waals surface area contributed by atoms with Crippen LogP contribution >= 0.6 is 23.2 Å². The van der Waals surface area contributed by atoms with E-state index >= 15 is 0 Å². The molecule has 188 valence electrons. The number of para-hydroxylation sites is 1. The molecule has 4 rings (SSSR count). The third kappa shape index (κ3) is 4.31. The van der Waals surface area contributed by atoms with Gasteiger partial charge in [-0.25, -0.2) is 11.0 Å². The third-order valence-corrected chi connectivity index (χ3v) is 7.47. The summed E-state index contributed by atoms with van der Waals surface area (Å²) in [6, 6.07) is 8.29. The number of fused-ring (bicyclic) bond motifs is 2. The van der Waals surface area contributed by atoms with Gasteiger partial charge in [0.05, 0.1) is 22.0 Å². The number of carbonyl (C=O) groups is 3. The van der Waals surface area contributed by atoms with E-state index in [4.69, 9.17) is 29.8 Å². The molecule has 2 heterocycles. The molecule has 0 aromatic heterocycles. The zero-order chi connectivity index (χ0) is 26.4. The Kier molecular flexibility index (Phi) is 7.00. The molecule has 36 heavy (non-hydrogen) atoms. The number of likely N-dealkylation sites (N-methyl/N-ethyl adjacent to an activating group) is 1. The Balaban J connectivity index is 1.68. The molecule has 1 spiro atoms. The largest absolute Gasteiger partial charge is 0.330 e. The standard InChI is InChI=1S/C26H25Cl2FN4O3/c1-14(2)9-20(32(4)24(35)22-17(27)10-15(29)11-18(22)28)23(34)33-13-26(12-21(33)30-3)16-7-5-6-8-19(16)31-25(26)36/h5-8,10-11,14,20-21H,9,12-13H2,1-2,4H3,(H,31,36)/t20-,21-,26-/m0/s1. The van der Waals surface area contributed by atoms with Crippen molar-refractivity contribution in [2.45, 2.75) is 44.3 Å². The van der Waals surface area contributed by atoms with Gasteiger partial charge in [0.25, 0.3) is 11.8 Å². The van der Waals surface area contributed by atoms with Gasteiger partial charge >= 0.3 is 6.17 Å². The molecule has 0 radical (unpaired) electrons. The Labute approximate surface area is 219 Å². The predicted octanol–water partition coefficient (Wildman–Crippen LogP) is 4.99. The van der Waals surface area contributed by atoms with Gasteiger partial charge in [-0.15, -0.1) is 0 Å². The minimum atomic E-state index is -1.03. The number of nitrogens with one attached hydrogen (secondary N) is 1. The van der Waals surface area contributed by atoms with Gasteiger partial charge in [-0.1, -0.05) is 55.2 Å². The van der Waals surface area contributed by atoms with Crippen LogP contribution in [0, 0.1) is 18.3 Å². The van der Waals surface area contributed by atoms with Crippen LogP contribution in [0.2, 0.25) is 10.0 Å². The van der Waals surface area contributed by atoms with Crippen molar-refractivity contribution in [3.8, 4) is 0 Å². The zero-order valence-electron chi connectivity index (χ0n) is 20.0. The van der Waals surface area contributed by atoms with Crippen LogP contribution in [0.1, 0.15) is 42.6 Å². The number of amides is 3. The average Bonchev–Trinajstić information content (AvgIpc) is 3.34. The van der Waals surface area contributed by atoms with Crippen molar-refractivity contribution >= 4 is 46.6 Å². The molecule has 0 aliphatic carbocycles. The van der Waals surface area contributed by atoms with E-state index in [9.17, 15) is 18.8 Å². The topological polar surface area (TPSA) is 74.1 Å². The quantitative estimate of drug-likeness (QED) is 0.553. The highest BCUT2D eigenvalue weighted by atomic mass is 35.5. The molecule has 1 fully saturated rings. The van der Waals surface area contributed by atoms with Gasteiger partial charge in [0.2, 0.25) is 5.91 Å². The van der Waals surface area contributed by atoms with Crippen LogP contribution in [0.3, 0.4) is 0 Å². The summed E-state index contributed by atoms with van der Waals surface area (Å²) >= 11 is 12.3. The molecule has 1 N–H and O–H groups in total. The van der Waals surface area contributed by atoms with Crippen LogP contribution in [-0.4, -0.2) is 53.3 Å². The Morgan fingerprint density at radius 1 is 1.28 bits per heavy atom. The summed E-state index contributed by atoms with van der Waals surface area (Å²) in [5, 5.41) is 2.55. The van der Waals surface area contributed by atoms with Crippen LogP contribution in [-0.2, 0) is 15.0 Å². The Morgan fingerprint density at radius 3 is 2.53 bits per heavy atom. The summed E-state index contributed by atoms with van der Waals surface area (Å²) in [6.07, 6.45) is -0.410. The molecule has 0 bridgehead atoms. The number of anilines is 1. The number of benzene rings is 2. The smallest absolute Gasteiger partial charge is 0.302 e. The summed E-state index contributed by atoms with van der Waals surface area (Å²) in [5.41, 5.74) is 0.295. The number of hydrogen-bond donors (Lipinski definition) is 1. The van der Waals surface area contributed by atoms with Gasteiger partial charge in [-0.05, 0) is 36.1 Å². The van der Waals surface area contributed by atoms with Gasteiger partial charge in [0.15, 0.2) is 0 Å². The average molecular weight is 531 g/mol. The summed E-state index contributed by atoms with van der Waals surface area (Å²) in [4.78, 5) is 46.7. The van der Waals surface area contributed by atoms with E-state index in [1.807, 2.05) is 32.0 Å². The number of likely N-dealkylation sites (tertiary alicyclic amines) is 1. The second-order valence-electron chi connectivity index (χ2n) is 9.67. The summed E-state index contributed by atoms with van der Waals surface area (Å²) < 4.78 is 13.7. The Hall–Kier alpha value is -3.15.